The summed E-state index contributed by atoms with van der Waals surface area (Å²) in [6, 6.07) is 4.57. The molecule has 2 rings (SSSR count). The third-order valence-corrected chi connectivity index (χ3v) is 4.95. The molecule has 144 valence electrons. The average Bonchev–Trinajstić information content (AvgIpc) is 2.65. The quantitative estimate of drug-likeness (QED) is 0.677. The Morgan fingerprint density at radius 1 is 1.31 bits per heavy atom. The van der Waals surface area contributed by atoms with Crippen LogP contribution < -0.4 is 9.47 Å². The molecule has 0 N–H and O–H groups in total. The first-order valence-electron chi connectivity index (χ1n) is 8.84. The summed E-state index contributed by atoms with van der Waals surface area (Å²) in [7, 11) is 1.55. The second-order valence-electron chi connectivity index (χ2n) is 6.41. The fraction of sp³-hybridized carbons (Fsp3) is 0.579. The Kier molecular flexibility index (Phi) is 7.63. The van der Waals surface area contributed by atoms with Gasteiger partial charge in [-0.3, -0.25) is 4.79 Å². The Labute approximate surface area is 159 Å². The molecular weight excluding hydrogens is 354 g/mol. The SMILES string of the molecule is CCOC(=O)[C@@H]1CSCCN1C(=O)c1ccc(OCC(C)C)c(OC)c1. The molecule has 0 radical (unpaired) electrons. The molecule has 1 aliphatic heterocycles. The highest BCUT2D eigenvalue weighted by Gasteiger charge is 2.34. The molecule has 1 atom stereocenters. The van der Waals surface area contributed by atoms with E-state index in [1.54, 1.807) is 48.9 Å². The minimum absolute atomic E-state index is 0.197. The van der Waals surface area contributed by atoms with Crippen LogP contribution in [0.25, 0.3) is 0 Å². The Morgan fingerprint density at radius 2 is 2.08 bits per heavy atom. The number of methoxy groups -OCH3 is 1. The van der Waals surface area contributed by atoms with E-state index in [0.29, 0.717) is 48.5 Å². The first-order valence-corrected chi connectivity index (χ1v) is 9.99. The van der Waals surface area contributed by atoms with Gasteiger partial charge in [-0.2, -0.15) is 11.8 Å². The van der Waals surface area contributed by atoms with Crippen molar-refractivity contribution in [3.63, 3.8) is 0 Å². The number of hydrogen-bond donors (Lipinski definition) is 0. The van der Waals surface area contributed by atoms with E-state index < -0.39 is 6.04 Å². The van der Waals surface area contributed by atoms with Crippen LogP contribution in [0.5, 0.6) is 11.5 Å². The molecule has 0 spiro atoms. The molecule has 0 bridgehead atoms. The van der Waals surface area contributed by atoms with Crippen molar-refractivity contribution in [1.82, 2.24) is 4.90 Å². The Morgan fingerprint density at radius 3 is 2.73 bits per heavy atom. The van der Waals surface area contributed by atoms with Crippen molar-refractivity contribution >= 4 is 23.6 Å². The van der Waals surface area contributed by atoms with Crippen LogP contribution in [0.2, 0.25) is 0 Å². The standard InChI is InChI=1S/C19H27NO5S/c1-5-24-19(22)15-12-26-9-8-20(15)18(21)14-6-7-16(17(10-14)23-4)25-11-13(2)3/h6-7,10,13,15H,5,8-9,11-12H2,1-4H3/t15-/m0/s1. The summed E-state index contributed by atoms with van der Waals surface area (Å²) < 4.78 is 16.2. The first-order chi connectivity index (χ1) is 12.5. The zero-order valence-electron chi connectivity index (χ0n) is 15.8. The van der Waals surface area contributed by atoms with Crippen LogP contribution in [0.1, 0.15) is 31.1 Å². The van der Waals surface area contributed by atoms with Gasteiger partial charge in [0.15, 0.2) is 11.5 Å². The van der Waals surface area contributed by atoms with E-state index in [9.17, 15) is 9.59 Å². The van der Waals surface area contributed by atoms with Gasteiger partial charge in [-0.15, -0.1) is 0 Å². The highest BCUT2D eigenvalue weighted by molar-refractivity contribution is 7.99. The number of carbonyl (C=O) groups excluding carboxylic acids is 2. The number of carbonyl (C=O) groups is 2. The lowest BCUT2D eigenvalue weighted by Crippen LogP contribution is -2.51. The summed E-state index contributed by atoms with van der Waals surface area (Å²) in [5, 5.41) is 0. The van der Waals surface area contributed by atoms with Crippen LogP contribution in [0.3, 0.4) is 0 Å². The van der Waals surface area contributed by atoms with Crippen molar-refractivity contribution in [3.8, 4) is 11.5 Å². The van der Waals surface area contributed by atoms with Crippen molar-refractivity contribution in [3.05, 3.63) is 23.8 Å². The summed E-state index contributed by atoms with van der Waals surface area (Å²) in [4.78, 5) is 26.8. The number of nitrogens with zero attached hydrogens (tertiary/aromatic N) is 1. The summed E-state index contributed by atoms with van der Waals surface area (Å²) >= 11 is 1.65. The number of amides is 1. The molecule has 0 aromatic heterocycles. The summed E-state index contributed by atoms with van der Waals surface area (Å²) in [6.45, 7) is 7.28. The van der Waals surface area contributed by atoms with Crippen molar-refractivity contribution in [2.45, 2.75) is 26.8 Å². The van der Waals surface area contributed by atoms with Gasteiger partial charge in [0.1, 0.15) is 6.04 Å². The van der Waals surface area contributed by atoms with E-state index >= 15 is 0 Å². The molecule has 1 aromatic rings. The van der Waals surface area contributed by atoms with Gasteiger partial charge in [-0.25, -0.2) is 4.79 Å². The van der Waals surface area contributed by atoms with Crippen molar-refractivity contribution in [1.29, 1.82) is 0 Å². The predicted octanol–water partition coefficient (Wildman–Crippen LogP) is 2.85. The normalized spacial score (nSPS) is 17.1. The Hall–Kier alpha value is -1.89. The molecule has 1 saturated heterocycles. The molecule has 7 heteroatoms. The lowest BCUT2D eigenvalue weighted by Gasteiger charge is -2.33. The van der Waals surface area contributed by atoms with E-state index in [1.165, 1.54) is 0 Å². The average molecular weight is 381 g/mol. The fourth-order valence-corrected chi connectivity index (χ4v) is 3.65. The molecular formula is C19H27NO5S. The van der Waals surface area contributed by atoms with E-state index in [1.807, 2.05) is 0 Å². The van der Waals surface area contributed by atoms with E-state index in [4.69, 9.17) is 14.2 Å². The highest BCUT2D eigenvalue weighted by atomic mass is 32.2. The second kappa shape index (κ2) is 9.71. The van der Waals surface area contributed by atoms with Gasteiger partial charge in [0, 0.05) is 23.6 Å². The minimum Gasteiger partial charge on any atom is -0.493 e. The van der Waals surface area contributed by atoms with E-state index in [2.05, 4.69) is 13.8 Å². The molecule has 1 amide bonds. The number of benzene rings is 1. The molecule has 1 heterocycles. The lowest BCUT2D eigenvalue weighted by molar-refractivity contribution is -0.147. The molecule has 26 heavy (non-hydrogen) atoms. The van der Waals surface area contributed by atoms with Crippen LogP contribution in [0.15, 0.2) is 18.2 Å². The van der Waals surface area contributed by atoms with Gasteiger partial charge in [-0.05, 0) is 31.0 Å². The number of ether oxygens (including phenoxy) is 3. The van der Waals surface area contributed by atoms with Crippen LogP contribution in [0.4, 0.5) is 0 Å². The smallest absolute Gasteiger partial charge is 0.329 e. The van der Waals surface area contributed by atoms with Gasteiger partial charge in [0.05, 0.1) is 20.3 Å². The van der Waals surface area contributed by atoms with E-state index in [-0.39, 0.29) is 11.9 Å². The van der Waals surface area contributed by atoms with Gasteiger partial charge >= 0.3 is 5.97 Å². The molecule has 1 fully saturated rings. The fourth-order valence-electron chi connectivity index (χ4n) is 2.62. The van der Waals surface area contributed by atoms with Gasteiger partial charge in [-0.1, -0.05) is 13.8 Å². The van der Waals surface area contributed by atoms with Crippen molar-refractivity contribution in [2.24, 2.45) is 5.92 Å². The third-order valence-electron chi connectivity index (χ3n) is 3.93. The zero-order chi connectivity index (χ0) is 19.1. The zero-order valence-corrected chi connectivity index (χ0v) is 16.6. The van der Waals surface area contributed by atoms with Crippen LogP contribution in [0, 0.1) is 5.92 Å². The maximum Gasteiger partial charge on any atom is 0.329 e. The van der Waals surface area contributed by atoms with E-state index in [0.717, 1.165) is 5.75 Å². The van der Waals surface area contributed by atoms with Gasteiger partial charge in [0.2, 0.25) is 0 Å². The maximum absolute atomic E-state index is 13.0. The minimum atomic E-state index is -0.552. The highest BCUT2D eigenvalue weighted by Crippen LogP contribution is 2.30. The number of esters is 1. The van der Waals surface area contributed by atoms with Crippen LogP contribution >= 0.6 is 11.8 Å². The summed E-state index contributed by atoms with van der Waals surface area (Å²) in [5.41, 5.74) is 0.472. The second-order valence-corrected chi connectivity index (χ2v) is 7.56. The third kappa shape index (κ3) is 5.06. The Balaban J connectivity index is 2.20. The van der Waals surface area contributed by atoms with Crippen LogP contribution in [-0.2, 0) is 9.53 Å². The molecule has 0 unspecified atom stereocenters. The molecule has 0 aliphatic carbocycles. The molecule has 1 aliphatic rings. The molecule has 1 aromatic carbocycles. The largest absolute Gasteiger partial charge is 0.493 e. The first kappa shape index (κ1) is 20.4. The van der Waals surface area contributed by atoms with Crippen molar-refractivity contribution in [2.75, 3.05) is 38.4 Å². The predicted molar refractivity (Wildman–Crippen MR) is 102 cm³/mol. The van der Waals surface area contributed by atoms with Crippen molar-refractivity contribution < 1.29 is 23.8 Å². The summed E-state index contributed by atoms with van der Waals surface area (Å²) in [6.07, 6.45) is 0. The topological polar surface area (TPSA) is 65.1 Å². The number of hydrogen-bond acceptors (Lipinski definition) is 6. The van der Waals surface area contributed by atoms with Gasteiger partial charge in [0.25, 0.3) is 5.91 Å². The number of thioether (sulfide) groups is 1. The maximum atomic E-state index is 13.0. The molecule has 0 saturated carbocycles. The van der Waals surface area contributed by atoms with Gasteiger partial charge < -0.3 is 19.1 Å². The summed E-state index contributed by atoms with van der Waals surface area (Å²) in [5.74, 6) is 2.31. The van der Waals surface area contributed by atoms with Crippen LogP contribution in [-0.4, -0.2) is 61.2 Å². The number of rotatable bonds is 7. The monoisotopic (exact) mass is 381 g/mol. The molecule has 6 nitrogen and oxygen atoms in total. The Bertz CT molecular complexity index is 634. The lowest BCUT2D eigenvalue weighted by atomic mass is 10.1.